The van der Waals surface area contributed by atoms with Gasteiger partial charge in [-0.1, -0.05) is 58.1 Å². The molecule has 0 aliphatic rings. The minimum absolute atomic E-state index is 0.0868. The predicted octanol–water partition coefficient (Wildman–Crippen LogP) is 6.27. The molecule has 1 atom stereocenters. The Labute approximate surface area is 139 Å². The van der Waals surface area contributed by atoms with Crippen molar-refractivity contribution in [2.24, 2.45) is 5.92 Å². The monoisotopic (exact) mass is 310 g/mol. The van der Waals surface area contributed by atoms with Gasteiger partial charge in [0.1, 0.15) is 0 Å². The fourth-order valence-corrected chi connectivity index (χ4v) is 2.81. The van der Waals surface area contributed by atoms with Crippen LogP contribution in [0.25, 0.3) is 0 Å². The molecule has 130 valence electrons. The zero-order chi connectivity index (χ0) is 17.0. The molecule has 0 N–H and O–H groups in total. The van der Waals surface area contributed by atoms with E-state index in [4.69, 9.17) is 9.47 Å². The van der Waals surface area contributed by atoms with E-state index in [0.717, 1.165) is 6.42 Å². The van der Waals surface area contributed by atoms with E-state index in [1.807, 2.05) is 39.8 Å². The number of hydrogen-bond acceptors (Lipinski definition) is 2. The van der Waals surface area contributed by atoms with Gasteiger partial charge in [0.2, 0.25) is 0 Å². The summed E-state index contributed by atoms with van der Waals surface area (Å²) in [6, 6.07) is 0. The second kappa shape index (κ2) is 11.9. The van der Waals surface area contributed by atoms with Crippen LogP contribution < -0.4 is 0 Å². The van der Waals surface area contributed by atoms with Crippen molar-refractivity contribution in [1.82, 2.24) is 0 Å². The Hall–Kier alpha value is -0.600. The van der Waals surface area contributed by atoms with Gasteiger partial charge in [0, 0.05) is 5.92 Å². The van der Waals surface area contributed by atoms with Crippen molar-refractivity contribution in [1.29, 1.82) is 0 Å². The van der Waals surface area contributed by atoms with Crippen LogP contribution in [0, 0.1) is 5.92 Å². The normalized spacial score (nSPS) is 13.6. The summed E-state index contributed by atoms with van der Waals surface area (Å²) in [5.74, 6) is -0.617. The maximum atomic E-state index is 6.14. The van der Waals surface area contributed by atoms with Crippen LogP contribution in [0.15, 0.2) is 25.3 Å². The first-order valence-electron chi connectivity index (χ1n) is 9.03. The molecule has 0 spiro atoms. The Kier molecular flexibility index (Phi) is 11.6. The maximum absolute atomic E-state index is 6.14. The molecule has 2 heteroatoms. The van der Waals surface area contributed by atoms with Gasteiger partial charge in [-0.25, -0.2) is 0 Å². The molecule has 0 saturated heterocycles. The van der Waals surface area contributed by atoms with Crippen molar-refractivity contribution in [3.05, 3.63) is 25.3 Å². The summed E-state index contributed by atoms with van der Waals surface area (Å²) in [5.41, 5.74) is 0. The quantitative estimate of drug-likeness (QED) is 0.214. The van der Waals surface area contributed by atoms with Gasteiger partial charge in [-0.05, 0) is 40.2 Å². The molecule has 22 heavy (non-hydrogen) atoms. The van der Waals surface area contributed by atoms with Gasteiger partial charge in [0.15, 0.2) is 5.79 Å². The van der Waals surface area contributed by atoms with Gasteiger partial charge in [-0.15, -0.1) is 6.58 Å². The molecule has 0 bridgehead atoms. The van der Waals surface area contributed by atoms with E-state index in [1.54, 1.807) is 0 Å². The molecule has 0 aliphatic carbocycles. The minimum Gasteiger partial charge on any atom is -0.343 e. The number of hydrogen-bond donors (Lipinski definition) is 0. The number of unbranched alkanes of at least 4 members (excludes halogenated alkanes) is 5. The molecular formula is C20H38O2. The highest BCUT2D eigenvalue weighted by Crippen LogP contribution is 2.33. The van der Waals surface area contributed by atoms with Crippen LogP contribution in [-0.4, -0.2) is 18.0 Å². The predicted molar refractivity (Wildman–Crippen MR) is 97.1 cm³/mol. The third-order valence-electron chi connectivity index (χ3n) is 3.79. The lowest BCUT2D eigenvalue weighted by Gasteiger charge is -2.39. The number of ether oxygens (including phenoxy) is 2. The Morgan fingerprint density at radius 3 is 1.77 bits per heavy atom. The van der Waals surface area contributed by atoms with Crippen molar-refractivity contribution >= 4 is 0 Å². The zero-order valence-electron chi connectivity index (χ0n) is 15.6. The number of rotatable bonds is 14. The summed E-state index contributed by atoms with van der Waals surface area (Å²) in [7, 11) is 0. The second-order valence-corrected chi connectivity index (χ2v) is 6.66. The van der Waals surface area contributed by atoms with E-state index < -0.39 is 5.79 Å². The molecule has 1 unspecified atom stereocenters. The molecule has 0 aromatic rings. The first kappa shape index (κ1) is 21.4. The summed E-state index contributed by atoms with van der Waals surface area (Å²) in [5, 5.41) is 0. The maximum Gasteiger partial charge on any atom is 0.194 e. The van der Waals surface area contributed by atoms with Crippen molar-refractivity contribution < 1.29 is 9.47 Å². The molecule has 0 aromatic carbocycles. The van der Waals surface area contributed by atoms with E-state index in [2.05, 4.69) is 20.1 Å². The summed E-state index contributed by atoms with van der Waals surface area (Å²) < 4.78 is 12.3. The van der Waals surface area contributed by atoms with E-state index in [-0.39, 0.29) is 18.1 Å². The summed E-state index contributed by atoms with van der Waals surface area (Å²) >= 11 is 0. The van der Waals surface area contributed by atoms with Crippen molar-refractivity contribution in [3.63, 3.8) is 0 Å². The molecule has 0 saturated carbocycles. The van der Waals surface area contributed by atoms with Gasteiger partial charge in [-0.2, -0.15) is 0 Å². The lowest BCUT2D eigenvalue weighted by atomic mass is 9.91. The van der Waals surface area contributed by atoms with Crippen LogP contribution in [0.2, 0.25) is 0 Å². The molecule has 0 radical (unpaired) electrons. The van der Waals surface area contributed by atoms with Gasteiger partial charge < -0.3 is 9.47 Å². The van der Waals surface area contributed by atoms with E-state index >= 15 is 0 Å². The molecular weight excluding hydrogens is 272 g/mol. The molecule has 0 fully saturated rings. The van der Waals surface area contributed by atoms with Gasteiger partial charge in [-0.3, -0.25) is 0 Å². The van der Waals surface area contributed by atoms with Gasteiger partial charge >= 0.3 is 0 Å². The lowest BCUT2D eigenvalue weighted by molar-refractivity contribution is -0.258. The van der Waals surface area contributed by atoms with Crippen LogP contribution in [-0.2, 0) is 9.47 Å². The lowest BCUT2D eigenvalue weighted by Crippen LogP contribution is -2.44. The molecule has 0 amide bonds. The fourth-order valence-electron chi connectivity index (χ4n) is 2.81. The molecule has 0 rings (SSSR count). The Bertz CT molecular complexity index is 284. The Morgan fingerprint density at radius 2 is 1.36 bits per heavy atom. The largest absolute Gasteiger partial charge is 0.343 e. The highest BCUT2D eigenvalue weighted by atomic mass is 16.7. The average Bonchev–Trinajstić information content (AvgIpc) is 2.44. The standard InChI is InChI=1S/C20H38O2/c1-8-11-12-13-14-15-16-19(9-2)20(10-3,21-17(4)5)22-18(6)7/h9-10,17-19H,2-3,8,11-16H2,1,4-7H3. The van der Waals surface area contributed by atoms with Crippen LogP contribution in [0.5, 0.6) is 0 Å². The summed E-state index contributed by atoms with van der Waals surface area (Å²) in [6.45, 7) is 18.4. The van der Waals surface area contributed by atoms with Crippen LogP contribution in [0.1, 0.15) is 79.6 Å². The summed E-state index contributed by atoms with van der Waals surface area (Å²) in [4.78, 5) is 0. The van der Waals surface area contributed by atoms with E-state index in [1.165, 1.54) is 38.5 Å². The van der Waals surface area contributed by atoms with Crippen LogP contribution in [0.4, 0.5) is 0 Å². The van der Waals surface area contributed by atoms with E-state index in [9.17, 15) is 0 Å². The minimum atomic E-state index is -0.756. The molecule has 0 aromatic heterocycles. The zero-order valence-corrected chi connectivity index (χ0v) is 15.6. The van der Waals surface area contributed by atoms with Gasteiger partial charge in [0.05, 0.1) is 12.2 Å². The summed E-state index contributed by atoms with van der Waals surface area (Å²) in [6.07, 6.45) is 12.7. The first-order valence-corrected chi connectivity index (χ1v) is 9.03. The highest BCUT2D eigenvalue weighted by Gasteiger charge is 2.38. The molecule has 2 nitrogen and oxygen atoms in total. The average molecular weight is 311 g/mol. The molecule has 0 heterocycles. The SMILES string of the molecule is C=CC(CCCCCCCC)C(C=C)(OC(C)C)OC(C)C. The highest BCUT2D eigenvalue weighted by molar-refractivity contribution is 5.02. The smallest absolute Gasteiger partial charge is 0.194 e. The Morgan fingerprint density at radius 1 is 0.864 bits per heavy atom. The van der Waals surface area contributed by atoms with E-state index in [0.29, 0.717) is 0 Å². The fraction of sp³-hybridized carbons (Fsp3) is 0.800. The van der Waals surface area contributed by atoms with Crippen molar-refractivity contribution in [3.8, 4) is 0 Å². The third-order valence-corrected chi connectivity index (χ3v) is 3.79. The van der Waals surface area contributed by atoms with Crippen LogP contribution in [0.3, 0.4) is 0 Å². The van der Waals surface area contributed by atoms with Gasteiger partial charge in [0.25, 0.3) is 0 Å². The Balaban J connectivity index is 4.68. The van der Waals surface area contributed by atoms with Crippen molar-refractivity contribution in [2.45, 2.75) is 97.6 Å². The van der Waals surface area contributed by atoms with Crippen molar-refractivity contribution in [2.75, 3.05) is 0 Å². The third kappa shape index (κ3) is 8.14. The van der Waals surface area contributed by atoms with Crippen LogP contribution >= 0.6 is 0 Å². The molecule has 0 aliphatic heterocycles. The first-order chi connectivity index (χ1) is 10.4. The topological polar surface area (TPSA) is 18.5 Å². The second-order valence-electron chi connectivity index (χ2n) is 6.66.